The molecule has 2 aromatic rings. The number of halogens is 3. The molecule has 20 heavy (non-hydrogen) atoms. The lowest BCUT2D eigenvalue weighted by Gasteiger charge is -2.15. The van der Waals surface area contributed by atoms with Crippen molar-refractivity contribution >= 4 is 15.9 Å². The number of aliphatic hydroxyl groups excluding tert-OH is 1. The molecule has 0 aliphatic rings. The van der Waals surface area contributed by atoms with Crippen LogP contribution in [0, 0.1) is 11.6 Å². The Morgan fingerprint density at radius 2 is 1.40 bits per heavy atom. The molecule has 0 amide bonds. The van der Waals surface area contributed by atoms with Gasteiger partial charge in [0.05, 0.1) is 5.56 Å². The van der Waals surface area contributed by atoms with Gasteiger partial charge in [-0.3, -0.25) is 0 Å². The first-order valence-corrected chi connectivity index (χ1v) is 7.11. The zero-order valence-corrected chi connectivity index (χ0v) is 12.8. The quantitative estimate of drug-likeness (QED) is 0.839. The van der Waals surface area contributed by atoms with Gasteiger partial charge in [-0.15, -0.1) is 0 Å². The highest BCUT2D eigenvalue weighted by molar-refractivity contribution is 9.10. The summed E-state index contributed by atoms with van der Waals surface area (Å²) in [6.07, 6.45) is -1.32. The van der Waals surface area contributed by atoms with Crippen LogP contribution < -0.4 is 0 Å². The van der Waals surface area contributed by atoms with Gasteiger partial charge in [0, 0.05) is 4.47 Å². The molecule has 0 saturated heterocycles. The molecule has 0 aliphatic heterocycles. The maximum absolute atomic E-state index is 13.8. The molecular formula is C16H15BrF2O. The van der Waals surface area contributed by atoms with Gasteiger partial charge in [0.2, 0.25) is 0 Å². The van der Waals surface area contributed by atoms with Gasteiger partial charge in [-0.1, -0.05) is 54.0 Å². The maximum Gasteiger partial charge on any atom is 0.133 e. The summed E-state index contributed by atoms with van der Waals surface area (Å²) in [5, 5.41) is 10.2. The van der Waals surface area contributed by atoms with E-state index in [-0.39, 0.29) is 5.56 Å². The lowest BCUT2D eigenvalue weighted by atomic mass is 9.96. The third-order valence-corrected chi connectivity index (χ3v) is 3.69. The third kappa shape index (κ3) is 3.07. The molecule has 2 aromatic carbocycles. The second kappa shape index (κ2) is 6.02. The molecule has 0 aliphatic carbocycles. The fourth-order valence-electron chi connectivity index (χ4n) is 2.04. The van der Waals surface area contributed by atoms with E-state index in [1.165, 1.54) is 0 Å². The minimum absolute atomic E-state index is 0.304. The summed E-state index contributed by atoms with van der Waals surface area (Å²) in [7, 11) is 0. The van der Waals surface area contributed by atoms with Crippen molar-refractivity contribution in [1.82, 2.24) is 0 Å². The predicted molar refractivity (Wildman–Crippen MR) is 78.7 cm³/mol. The zero-order chi connectivity index (χ0) is 14.9. The Balaban J connectivity index is 2.38. The van der Waals surface area contributed by atoms with E-state index in [1.807, 2.05) is 12.1 Å². The molecule has 1 atom stereocenters. The molecule has 0 heterocycles. The summed E-state index contributed by atoms with van der Waals surface area (Å²) in [5.74, 6) is -1.17. The van der Waals surface area contributed by atoms with Gasteiger partial charge >= 0.3 is 0 Å². The van der Waals surface area contributed by atoms with Gasteiger partial charge in [-0.05, 0) is 29.2 Å². The van der Waals surface area contributed by atoms with Gasteiger partial charge in [0.15, 0.2) is 0 Å². The second-order valence-corrected chi connectivity index (χ2v) is 5.92. The molecular weight excluding hydrogens is 326 g/mol. The summed E-state index contributed by atoms with van der Waals surface area (Å²) >= 11 is 3.02. The number of aliphatic hydroxyl groups is 1. The van der Waals surface area contributed by atoms with Crippen molar-refractivity contribution in [2.75, 3.05) is 0 Å². The van der Waals surface area contributed by atoms with E-state index >= 15 is 0 Å². The maximum atomic E-state index is 13.8. The minimum atomic E-state index is -1.32. The van der Waals surface area contributed by atoms with E-state index in [0.29, 0.717) is 16.0 Å². The SMILES string of the molecule is CC(C)c1ccc(C(O)c2c(F)cc(Br)cc2F)cc1. The van der Waals surface area contributed by atoms with Crippen LogP contribution in [-0.4, -0.2) is 5.11 Å². The van der Waals surface area contributed by atoms with E-state index < -0.39 is 17.7 Å². The predicted octanol–water partition coefficient (Wildman–Crippen LogP) is 4.93. The molecule has 4 heteroatoms. The van der Waals surface area contributed by atoms with Crippen LogP contribution in [0.5, 0.6) is 0 Å². The molecule has 0 radical (unpaired) electrons. The Bertz CT molecular complexity index is 585. The van der Waals surface area contributed by atoms with E-state index in [2.05, 4.69) is 29.8 Å². The fourth-order valence-corrected chi connectivity index (χ4v) is 2.45. The third-order valence-electron chi connectivity index (χ3n) is 3.24. The molecule has 0 saturated carbocycles. The Labute approximate surface area is 125 Å². The topological polar surface area (TPSA) is 20.2 Å². The van der Waals surface area contributed by atoms with Crippen LogP contribution in [0.3, 0.4) is 0 Å². The molecule has 0 bridgehead atoms. The minimum Gasteiger partial charge on any atom is -0.383 e. The largest absolute Gasteiger partial charge is 0.383 e. The van der Waals surface area contributed by atoms with Gasteiger partial charge < -0.3 is 5.11 Å². The van der Waals surface area contributed by atoms with Gasteiger partial charge in [-0.25, -0.2) is 8.78 Å². The van der Waals surface area contributed by atoms with Crippen LogP contribution in [0.1, 0.15) is 42.6 Å². The van der Waals surface area contributed by atoms with Crippen LogP contribution in [0.25, 0.3) is 0 Å². The fraction of sp³-hybridized carbons (Fsp3) is 0.250. The smallest absolute Gasteiger partial charge is 0.133 e. The number of rotatable bonds is 3. The Morgan fingerprint density at radius 1 is 0.950 bits per heavy atom. The number of hydrogen-bond donors (Lipinski definition) is 1. The summed E-state index contributed by atoms with van der Waals surface area (Å²) in [6.45, 7) is 4.11. The number of hydrogen-bond acceptors (Lipinski definition) is 1. The lowest BCUT2D eigenvalue weighted by Crippen LogP contribution is -2.06. The van der Waals surface area contributed by atoms with E-state index in [9.17, 15) is 13.9 Å². The molecule has 0 fully saturated rings. The normalized spacial score (nSPS) is 12.8. The summed E-state index contributed by atoms with van der Waals surface area (Å²) < 4.78 is 28.0. The van der Waals surface area contributed by atoms with Crippen LogP contribution in [0.4, 0.5) is 8.78 Å². The van der Waals surface area contributed by atoms with Crippen molar-refractivity contribution in [3.63, 3.8) is 0 Å². The molecule has 0 aromatic heterocycles. The number of benzene rings is 2. The van der Waals surface area contributed by atoms with Crippen LogP contribution in [-0.2, 0) is 0 Å². The highest BCUT2D eigenvalue weighted by Crippen LogP contribution is 2.30. The highest BCUT2D eigenvalue weighted by atomic mass is 79.9. The van der Waals surface area contributed by atoms with Crippen molar-refractivity contribution in [2.24, 2.45) is 0 Å². The highest BCUT2D eigenvalue weighted by Gasteiger charge is 2.20. The van der Waals surface area contributed by atoms with Crippen molar-refractivity contribution in [3.05, 3.63) is 69.2 Å². The van der Waals surface area contributed by atoms with Crippen LogP contribution >= 0.6 is 15.9 Å². The molecule has 0 spiro atoms. The van der Waals surface area contributed by atoms with Gasteiger partial charge in [0.25, 0.3) is 0 Å². The average molecular weight is 341 g/mol. The second-order valence-electron chi connectivity index (χ2n) is 5.01. The molecule has 106 valence electrons. The van der Waals surface area contributed by atoms with E-state index in [0.717, 1.165) is 17.7 Å². The Kier molecular flexibility index (Phi) is 4.55. The van der Waals surface area contributed by atoms with Crippen molar-refractivity contribution in [1.29, 1.82) is 0 Å². The first kappa shape index (κ1) is 15.1. The van der Waals surface area contributed by atoms with Crippen LogP contribution in [0.15, 0.2) is 40.9 Å². The summed E-state index contributed by atoms with van der Waals surface area (Å²) in [4.78, 5) is 0. The Morgan fingerprint density at radius 3 is 1.85 bits per heavy atom. The standard InChI is InChI=1S/C16H15BrF2O/c1-9(2)10-3-5-11(6-4-10)16(20)15-13(18)7-12(17)8-14(15)19/h3-9,16,20H,1-2H3. The first-order valence-electron chi connectivity index (χ1n) is 6.32. The molecule has 1 N–H and O–H groups in total. The van der Waals surface area contributed by atoms with E-state index in [1.54, 1.807) is 12.1 Å². The van der Waals surface area contributed by atoms with Crippen molar-refractivity contribution in [3.8, 4) is 0 Å². The molecule has 1 nitrogen and oxygen atoms in total. The first-order chi connectivity index (χ1) is 9.40. The average Bonchev–Trinajstić information content (AvgIpc) is 2.37. The van der Waals surface area contributed by atoms with Gasteiger partial charge in [0.1, 0.15) is 17.7 Å². The zero-order valence-electron chi connectivity index (χ0n) is 11.2. The van der Waals surface area contributed by atoms with E-state index in [4.69, 9.17) is 0 Å². The molecule has 2 rings (SSSR count). The summed E-state index contributed by atoms with van der Waals surface area (Å²) in [6, 6.07) is 9.39. The lowest BCUT2D eigenvalue weighted by molar-refractivity contribution is 0.209. The monoisotopic (exact) mass is 340 g/mol. The van der Waals surface area contributed by atoms with Crippen molar-refractivity contribution < 1.29 is 13.9 Å². The van der Waals surface area contributed by atoms with Crippen LogP contribution in [0.2, 0.25) is 0 Å². The van der Waals surface area contributed by atoms with Crippen molar-refractivity contribution in [2.45, 2.75) is 25.9 Å². The molecule has 1 unspecified atom stereocenters. The summed E-state index contributed by atoms with van der Waals surface area (Å²) in [5.41, 5.74) is 1.25. The Hall–Kier alpha value is -1.26. The van der Waals surface area contributed by atoms with Gasteiger partial charge in [-0.2, -0.15) is 0 Å².